The summed E-state index contributed by atoms with van der Waals surface area (Å²) >= 11 is 0. The fourth-order valence-corrected chi connectivity index (χ4v) is 1.67. The summed E-state index contributed by atoms with van der Waals surface area (Å²) in [6, 6.07) is 0. The maximum absolute atomic E-state index is 13.0. The topological polar surface area (TPSA) is 64.6 Å². The summed E-state index contributed by atoms with van der Waals surface area (Å²) in [5, 5.41) is 2.12. The Balaban J connectivity index is 2.28. The van der Waals surface area contributed by atoms with E-state index in [1.54, 1.807) is 0 Å². The van der Waals surface area contributed by atoms with Crippen molar-refractivity contribution >= 4 is 12.1 Å². The third kappa shape index (κ3) is 4.97. The molecule has 17 heavy (non-hydrogen) atoms. The number of nitrogens with one attached hydrogen (secondary N) is 1. The molecule has 1 amide bonds. The van der Waals surface area contributed by atoms with Gasteiger partial charge in [0.05, 0.1) is 7.11 Å². The standard InChI is InChI=1S/C10H15F2NO4/c1-16-9(15)13-6-8(14)17-7-3-2-4-10(11,12)5-7/h7H,2-6H2,1H3,(H,13,15)/t7-/m0/s1. The van der Waals surface area contributed by atoms with Crippen molar-refractivity contribution in [3.05, 3.63) is 0 Å². The second-order valence-corrected chi connectivity index (χ2v) is 3.91. The van der Waals surface area contributed by atoms with E-state index in [-0.39, 0.29) is 13.0 Å². The number of methoxy groups -OCH3 is 1. The molecular formula is C10H15F2NO4. The lowest BCUT2D eigenvalue weighted by molar-refractivity contribution is -0.156. The first-order valence-corrected chi connectivity index (χ1v) is 5.32. The van der Waals surface area contributed by atoms with Gasteiger partial charge in [0.25, 0.3) is 5.92 Å². The number of hydrogen-bond donors (Lipinski definition) is 1. The van der Waals surface area contributed by atoms with Gasteiger partial charge in [0.15, 0.2) is 0 Å². The third-order valence-electron chi connectivity index (χ3n) is 2.46. The van der Waals surface area contributed by atoms with Gasteiger partial charge >= 0.3 is 12.1 Å². The Morgan fingerprint density at radius 3 is 2.76 bits per heavy atom. The van der Waals surface area contributed by atoms with Gasteiger partial charge in [0, 0.05) is 12.8 Å². The molecule has 1 N–H and O–H groups in total. The fourth-order valence-electron chi connectivity index (χ4n) is 1.67. The minimum absolute atomic E-state index is 0.165. The molecule has 7 heteroatoms. The van der Waals surface area contributed by atoms with Gasteiger partial charge in [-0.15, -0.1) is 0 Å². The second kappa shape index (κ2) is 5.79. The van der Waals surface area contributed by atoms with Crippen molar-refractivity contribution in [3.8, 4) is 0 Å². The lowest BCUT2D eigenvalue weighted by Gasteiger charge is -2.28. The van der Waals surface area contributed by atoms with Crippen molar-refractivity contribution in [2.75, 3.05) is 13.7 Å². The van der Waals surface area contributed by atoms with E-state index in [2.05, 4.69) is 10.1 Å². The van der Waals surface area contributed by atoms with Gasteiger partial charge in [-0.05, 0) is 12.8 Å². The molecule has 98 valence electrons. The van der Waals surface area contributed by atoms with Crippen LogP contribution in [0.15, 0.2) is 0 Å². The molecule has 0 aromatic carbocycles. The summed E-state index contributed by atoms with van der Waals surface area (Å²) in [6.45, 7) is -0.380. The lowest BCUT2D eigenvalue weighted by Crippen LogP contribution is -2.36. The van der Waals surface area contributed by atoms with E-state index in [0.29, 0.717) is 12.8 Å². The normalized spacial score (nSPS) is 22.6. The zero-order valence-corrected chi connectivity index (χ0v) is 9.50. The summed E-state index contributed by atoms with van der Waals surface area (Å²) in [4.78, 5) is 21.9. The molecule has 1 saturated carbocycles. The number of amides is 1. The van der Waals surface area contributed by atoms with Crippen LogP contribution in [0, 0.1) is 0 Å². The van der Waals surface area contributed by atoms with Crippen molar-refractivity contribution < 1.29 is 27.8 Å². The number of rotatable bonds is 3. The highest BCUT2D eigenvalue weighted by Gasteiger charge is 2.37. The van der Waals surface area contributed by atoms with Gasteiger partial charge in [-0.1, -0.05) is 0 Å². The molecule has 1 fully saturated rings. The summed E-state index contributed by atoms with van der Waals surface area (Å²) in [5.41, 5.74) is 0. The highest BCUT2D eigenvalue weighted by molar-refractivity contribution is 5.77. The predicted molar refractivity (Wildman–Crippen MR) is 53.7 cm³/mol. The van der Waals surface area contributed by atoms with Crippen molar-refractivity contribution in [2.24, 2.45) is 0 Å². The Labute approximate surface area is 97.4 Å². The molecule has 0 bridgehead atoms. The van der Waals surface area contributed by atoms with Gasteiger partial charge < -0.3 is 14.8 Å². The molecule has 0 aromatic rings. The summed E-state index contributed by atoms with van der Waals surface area (Å²) in [7, 11) is 1.16. The smallest absolute Gasteiger partial charge is 0.407 e. The van der Waals surface area contributed by atoms with E-state index >= 15 is 0 Å². The van der Waals surface area contributed by atoms with E-state index < -0.39 is 30.5 Å². The first-order valence-electron chi connectivity index (χ1n) is 5.32. The Morgan fingerprint density at radius 2 is 2.18 bits per heavy atom. The number of carbonyl (C=O) groups is 2. The van der Waals surface area contributed by atoms with Gasteiger partial charge in [0.1, 0.15) is 12.6 Å². The Bertz CT molecular complexity index is 296. The monoisotopic (exact) mass is 251 g/mol. The number of alkyl carbamates (subject to hydrolysis) is 1. The highest BCUT2D eigenvalue weighted by Crippen LogP contribution is 2.34. The SMILES string of the molecule is COC(=O)NCC(=O)O[C@H]1CCCC(F)(F)C1. The first-order chi connectivity index (χ1) is 7.93. The molecule has 0 saturated heterocycles. The average Bonchev–Trinajstić information content (AvgIpc) is 2.24. The van der Waals surface area contributed by atoms with Crippen LogP contribution < -0.4 is 5.32 Å². The van der Waals surface area contributed by atoms with Crippen LogP contribution >= 0.6 is 0 Å². The van der Waals surface area contributed by atoms with Gasteiger partial charge in [-0.25, -0.2) is 13.6 Å². The van der Waals surface area contributed by atoms with Crippen molar-refractivity contribution in [3.63, 3.8) is 0 Å². The molecule has 0 spiro atoms. The zero-order valence-electron chi connectivity index (χ0n) is 9.50. The Morgan fingerprint density at radius 1 is 1.47 bits per heavy atom. The molecule has 0 unspecified atom stereocenters. The predicted octanol–water partition coefficient (Wildman–Crippen LogP) is 1.46. The maximum Gasteiger partial charge on any atom is 0.407 e. The van der Waals surface area contributed by atoms with E-state index in [4.69, 9.17) is 4.74 Å². The summed E-state index contributed by atoms with van der Waals surface area (Å²) in [5.74, 6) is -3.50. The van der Waals surface area contributed by atoms with E-state index in [0.717, 1.165) is 7.11 Å². The Kier molecular flexibility index (Phi) is 4.65. The molecule has 0 aliphatic heterocycles. The van der Waals surface area contributed by atoms with Crippen molar-refractivity contribution in [1.29, 1.82) is 0 Å². The largest absolute Gasteiger partial charge is 0.461 e. The summed E-state index contributed by atoms with van der Waals surface area (Å²) in [6.07, 6.45) is -1.39. The molecule has 0 aromatic heterocycles. The number of ether oxygens (including phenoxy) is 2. The fraction of sp³-hybridized carbons (Fsp3) is 0.800. The highest BCUT2D eigenvalue weighted by atomic mass is 19.3. The quantitative estimate of drug-likeness (QED) is 0.771. The molecule has 1 aliphatic rings. The van der Waals surface area contributed by atoms with Gasteiger partial charge in [-0.3, -0.25) is 4.79 Å². The molecule has 1 atom stereocenters. The van der Waals surface area contributed by atoms with Crippen LogP contribution in [0.3, 0.4) is 0 Å². The van der Waals surface area contributed by atoms with E-state index in [1.165, 1.54) is 0 Å². The minimum atomic E-state index is -2.76. The molecule has 1 rings (SSSR count). The van der Waals surface area contributed by atoms with Gasteiger partial charge in [-0.2, -0.15) is 0 Å². The van der Waals surface area contributed by atoms with Gasteiger partial charge in [0.2, 0.25) is 0 Å². The molecular weight excluding hydrogens is 236 g/mol. The Hall–Kier alpha value is -1.40. The number of carbonyl (C=O) groups excluding carboxylic acids is 2. The molecule has 1 aliphatic carbocycles. The number of alkyl halides is 2. The van der Waals surface area contributed by atoms with Crippen LogP contribution in [0.5, 0.6) is 0 Å². The number of hydrogen-bond acceptors (Lipinski definition) is 4. The number of esters is 1. The molecule has 0 heterocycles. The van der Waals surface area contributed by atoms with Crippen LogP contribution in [0.25, 0.3) is 0 Å². The van der Waals surface area contributed by atoms with Crippen LogP contribution in [0.1, 0.15) is 25.7 Å². The average molecular weight is 251 g/mol. The van der Waals surface area contributed by atoms with E-state index in [1.807, 2.05) is 0 Å². The van der Waals surface area contributed by atoms with Crippen LogP contribution in [-0.2, 0) is 14.3 Å². The number of halogens is 2. The van der Waals surface area contributed by atoms with Crippen LogP contribution in [0.4, 0.5) is 13.6 Å². The molecule has 0 radical (unpaired) electrons. The van der Waals surface area contributed by atoms with Crippen molar-refractivity contribution in [2.45, 2.75) is 37.7 Å². The second-order valence-electron chi connectivity index (χ2n) is 3.91. The first kappa shape index (κ1) is 13.7. The van der Waals surface area contributed by atoms with Crippen LogP contribution in [0.2, 0.25) is 0 Å². The van der Waals surface area contributed by atoms with E-state index in [9.17, 15) is 18.4 Å². The summed E-state index contributed by atoms with van der Waals surface area (Å²) < 4.78 is 35.1. The maximum atomic E-state index is 13.0. The molecule has 5 nitrogen and oxygen atoms in total. The zero-order chi connectivity index (χ0) is 12.9. The van der Waals surface area contributed by atoms with Crippen molar-refractivity contribution in [1.82, 2.24) is 5.32 Å². The lowest BCUT2D eigenvalue weighted by atomic mass is 9.94. The third-order valence-corrected chi connectivity index (χ3v) is 2.46. The van der Waals surface area contributed by atoms with Crippen LogP contribution in [-0.4, -0.2) is 37.7 Å². The minimum Gasteiger partial charge on any atom is -0.461 e.